The van der Waals surface area contributed by atoms with Gasteiger partial charge in [-0.3, -0.25) is 19.5 Å². The number of anilines is 2. The number of aliphatic hydroxyl groups excluding tert-OH is 1. The third-order valence-corrected chi connectivity index (χ3v) is 5.16. The number of nitrogens with one attached hydrogen (secondary N) is 2. The van der Waals surface area contributed by atoms with Crippen LogP contribution in [0.1, 0.15) is 6.42 Å². The number of hydrogen-bond acceptors (Lipinski definition) is 6. The van der Waals surface area contributed by atoms with Gasteiger partial charge in [0.1, 0.15) is 17.7 Å². The first kappa shape index (κ1) is 23.1. The number of rotatable bonds is 5. The summed E-state index contributed by atoms with van der Waals surface area (Å²) in [5.41, 5.74) is 0.00744. The number of halogens is 2. The van der Waals surface area contributed by atoms with Gasteiger partial charge in [0.2, 0.25) is 5.91 Å². The summed E-state index contributed by atoms with van der Waals surface area (Å²) in [5, 5.41) is 19.6. The Hall–Kier alpha value is -4.09. The molecule has 0 fully saturated rings. The van der Waals surface area contributed by atoms with Gasteiger partial charge < -0.3 is 10.4 Å². The summed E-state index contributed by atoms with van der Waals surface area (Å²) in [6.45, 7) is -0.457. The topological polar surface area (TPSA) is 129 Å². The lowest BCUT2D eigenvalue weighted by molar-refractivity contribution is -0.119. The molecular formula is C22H18ClFN6O4. The van der Waals surface area contributed by atoms with Gasteiger partial charge in [0, 0.05) is 30.9 Å². The van der Waals surface area contributed by atoms with Gasteiger partial charge >= 0.3 is 6.03 Å². The molecule has 3 amide bonds. The molecule has 0 saturated heterocycles. The highest BCUT2D eigenvalue weighted by molar-refractivity contribution is 6.30. The molecule has 0 bridgehead atoms. The van der Waals surface area contributed by atoms with Crippen molar-refractivity contribution in [2.75, 3.05) is 17.2 Å². The third kappa shape index (κ3) is 4.95. The van der Waals surface area contributed by atoms with E-state index in [-0.39, 0.29) is 34.9 Å². The molecule has 10 nitrogen and oxygen atoms in total. The van der Waals surface area contributed by atoms with E-state index < -0.39 is 30.4 Å². The number of hydrogen-bond donors (Lipinski definition) is 3. The number of benzene rings is 1. The van der Waals surface area contributed by atoms with Crippen LogP contribution in [0, 0.1) is 5.82 Å². The SMILES string of the molecule is O=C(Nc1ccc(-n2ccccc2=O)cc1F)C1CC(CO)=NN1C(=O)Nc1ccc(Cl)cn1. The molecular weight excluding hydrogens is 467 g/mol. The van der Waals surface area contributed by atoms with Crippen molar-refractivity contribution >= 4 is 40.8 Å². The first-order valence-corrected chi connectivity index (χ1v) is 10.4. The highest BCUT2D eigenvalue weighted by atomic mass is 35.5. The summed E-state index contributed by atoms with van der Waals surface area (Å²) in [4.78, 5) is 41.5. The van der Waals surface area contributed by atoms with E-state index in [0.717, 1.165) is 11.1 Å². The number of pyridine rings is 2. The number of aromatic nitrogens is 2. The van der Waals surface area contributed by atoms with Crippen molar-refractivity contribution in [1.82, 2.24) is 14.6 Å². The zero-order valence-electron chi connectivity index (χ0n) is 17.5. The van der Waals surface area contributed by atoms with Crippen LogP contribution in [-0.2, 0) is 4.79 Å². The molecule has 1 aromatic carbocycles. The molecule has 0 saturated carbocycles. The quantitative estimate of drug-likeness (QED) is 0.512. The Bertz CT molecular complexity index is 1330. The van der Waals surface area contributed by atoms with E-state index in [1.807, 2.05) is 0 Å². The van der Waals surface area contributed by atoms with E-state index in [9.17, 15) is 23.9 Å². The third-order valence-electron chi connectivity index (χ3n) is 4.94. The van der Waals surface area contributed by atoms with Crippen molar-refractivity contribution in [2.24, 2.45) is 5.10 Å². The lowest BCUT2D eigenvalue weighted by Gasteiger charge is -2.21. The standard InChI is InChI=1S/C22H18ClFN6O4/c23-13-4-7-19(25-11-13)27-22(34)30-18(9-14(12-31)28-30)21(33)26-17-6-5-15(10-16(17)24)29-8-2-1-3-20(29)32/h1-8,10-11,18,31H,9,12H2,(H,26,33)(H,25,27,34). The van der Waals surface area contributed by atoms with Crippen molar-refractivity contribution in [2.45, 2.75) is 12.5 Å². The molecule has 0 aliphatic carbocycles. The van der Waals surface area contributed by atoms with E-state index in [2.05, 4.69) is 20.7 Å². The van der Waals surface area contributed by atoms with Crippen molar-refractivity contribution in [3.05, 3.63) is 82.1 Å². The summed E-state index contributed by atoms with van der Waals surface area (Å²) >= 11 is 5.78. The number of urea groups is 1. The van der Waals surface area contributed by atoms with Gasteiger partial charge in [0.25, 0.3) is 5.56 Å². The Morgan fingerprint density at radius 1 is 1.18 bits per heavy atom. The molecule has 4 rings (SSSR count). The van der Waals surface area contributed by atoms with Crippen LogP contribution in [0.15, 0.2) is 70.8 Å². The first-order valence-electron chi connectivity index (χ1n) is 10.0. The Balaban J connectivity index is 1.51. The van der Waals surface area contributed by atoms with Crippen molar-refractivity contribution < 1.29 is 19.1 Å². The van der Waals surface area contributed by atoms with E-state index in [0.29, 0.717) is 5.02 Å². The molecule has 3 heterocycles. The summed E-state index contributed by atoms with van der Waals surface area (Å²) in [7, 11) is 0. The Kier molecular flexibility index (Phi) is 6.66. The van der Waals surface area contributed by atoms with Gasteiger partial charge in [-0.15, -0.1) is 0 Å². The average molecular weight is 485 g/mol. The average Bonchev–Trinajstić information content (AvgIpc) is 3.27. The van der Waals surface area contributed by atoms with E-state index in [1.54, 1.807) is 12.1 Å². The molecule has 0 spiro atoms. The second-order valence-electron chi connectivity index (χ2n) is 7.24. The molecule has 34 heavy (non-hydrogen) atoms. The van der Waals surface area contributed by atoms with E-state index in [4.69, 9.17) is 11.6 Å². The van der Waals surface area contributed by atoms with E-state index in [1.165, 1.54) is 47.3 Å². The van der Waals surface area contributed by atoms with Crippen molar-refractivity contribution in [3.8, 4) is 5.69 Å². The molecule has 1 aliphatic heterocycles. The van der Waals surface area contributed by atoms with Crippen LogP contribution >= 0.6 is 11.6 Å². The van der Waals surface area contributed by atoms with Crippen LogP contribution in [0.25, 0.3) is 5.69 Å². The van der Waals surface area contributed by atoms with Gasteiger partial charge in [0.15, 0.2) is 0 Å². The fraction of sp³-hybridized carbons (Fsp3) is 0.136. The summed E-state index contributed by atoms with van der Waals surface area (Å²) in [5.74, 6) is -1.31. The largest absolute Gasteiger partial charge is 0.390 e. The number of carbonyl (C=O) groups is 2. The van der Waals surface area contributed by atoms with Crippen LogP contribution in [0.3, 0.4) is 0 Å². The maximum absolute atomic E-state index is 14.7. The normalized spacial score (nSPS) is 15.1. The van der Waals surface area contributed by atoms with Crippen molar-refractivity contribution in [1.29, 1.82) is 0 Å². The zero-order valence-corrected chi connectivity index (χ0v) is 18.2. The molecule has 1 atom stereocenters. The molecule has 1 unspecified atom stereocenters. The minimum absolute atomic E-state index is 0.0388. The number of hydrazone groups is 1. The first-order chi connectivity index (χ1) is 16.4. The summed E-state index contributed by atoms with van der Waals surface area (Å²) < 4.78 is 16.0. The Labute approximate surface area is 197 Å². The molecule has 174 valence electrons. The maximum atomic E-state index is 14.7. The predicted molar refractivity (Wildman–Crippen MR) is 124 cm³/mol. The Morgan fingerprint density at radius 3 is 2.68 bits per heavy atom. The van der Waals surface area contributed by atoms with Crippen LogP contribution in [-0.4, -0.2) is 50.0 Å². The second kappa shape index (κ2) is 9.81. The number of aliphatic hydroxyl groups is 1. The second-order valence-corrected chi connectivity index (χ2v) is 7.68. The number of amides is 3. The highest BCUT2D eigenvalue weighted by Gasteiger charge is 2.37. The van der Waals surface area contributed by atoms with Gasteiger partial charge in [-0.05, 0) is 30.3 Å². The monoisotopic (exact) mass is 484 g/mol. The molecule has 2 aromatic heterocycles. The smallest absolute Gasteiger partial charge is 0.344 e. The van der Waals surface area contributed by atoms with Crippen LogP contribution in [0.4, 0.5) is 20.7 Å². The van der Waals surface area contributed by atoms with Gasteiger partial charge in [-0.2, -0.15) is 5.10 Å². The molecule has 12 heteroatoms. The fourth-order valence-electron chi connectivity index (χ4n) is 3.29. The van der Waals surface area contributed by atoms with Gasteiger partial charge in [0.05, 0.1) is 28.7 Å². The number of nitrogens with zero attached hydrogens (tertiary/aromatic N) is 4. The maximum Gasteiger partial charge on any atom is 0.344 e. The van der Waals surface area contributed by atoms with E-state index >= 15 is 0 Å². The predicted octanol–water partition coefficient (Wildman–Crippen LogP) is 2.62. The molecule has 3 N–H and O–H groups in total. The molecule has 3 aromatic rings. The Morgan fingerprint density at radius 2 is 2.00 bits per heavy atom. The van der Waals surface area contributed by atoms with Crippen molar-refractivity contribution in [3.63, 3.8) is 0 Å². The molecule has 1 aliphatic rings. The zero-order chi connectivity index (χ0) is 24.2. The minimum atomic E-state index is -1.13. The van der Waals surface area contributed by atoms with Gasteiger partial charge in [-0.25, -0.2) is 19.2 Å². The van der Waals surface area contributed by atoms with Crippen LogP contribution < -0.4 is 16.2 Å². The minimum Gasteiger partial charge on any atom is -0.390 e. The summed E-state index contributed by atoms with van der Waals surface area (Å²) in [6.07, 6.45) is 2.79. The highest BCUT2D eigenvalue weighted by Crippen LogP contribution is 2.22. The van der Waals surface area contributed by atoms with Crippen LogP contribution in [0.2, 0.25) is 5.02 Å². The van der Waals surface area contributed by atoms with Gasteiger partial charge in [-0.1, -0.05) is 17.7 Å². The lowest BCUT2D eigenvalue weighted by atomic mass is 10.1. The van der Waals surface area contributed by atoms with Crippen LogP contribution in [0.5, 0.6) is 0 Å². The number of carbonyl (C=O) groups excluding carboxylic acids is 2. The summed E-state index contributed by atoms with van der Waals surface area (Å²) in [6, 6.07) is 9.53. The fourth-order valence-corrected chi connectivity index (χ4v) is 3.40. The molecule has 0 radical (unpaired) electrons. The lowest BCUT2D eigenvalue weighted by Crippen LogP contribution is -2.43.